The Bertz CT molecular complexity index is 2690. The summed E-state index contributed by atoms with van der Waals surface area (Å²) in [5, 5.41) is 5.70. The molecule has 370 valence electrons. The number of amides is 6. The van der Waals surface area contributed by atoms with Crippen molar-refractivity contribution in [3.05, 3.63) is 106 Å². The van der Waals surface area contributed by atoms with Crippen LogP contribution in [0.1, 0.15) is 102 Å². The summed E-state index contributed by atoms with van der Waals surface area (Å²) < 4.78 is 49.5. The van der Waals surface area contributed by atoms with Crippen molar-refractivity contribution >= 4 is 46.9 Å². The average molecular weight is 982 g/mol. The van der Waals surface area contributed by atoms with Crippen molar-refractivity contribution in [2.45, 2.75) is 82.3 Å². The number of anilines is 1. The predicted molar refractivity (Wildman–Crippen MR) is 259 cm³/mol. The van der Waals surface area contributed by atoms with Crippen molar-refractivity contribution in [3.8, 4) is 28.4 Å². The number of nitrogens with two attached hydrogens (primary N) is 1. The Morgan fingerprint density at radius 3 is 2.10 bits per heavy atom. The molecular formula is C53H59ClF2N6O8. The number of carbonyl (C=O) groups is 5. The van der Waals surface area contributed by atoms with Gasteiger partial charge in [-0.2, -0.15) is 0 Å². The maximum Gasteiger partial charge on any atom is 0.328 e. The number of nitrogens with zero attached hydrogens (tertiary/aromatic N) is 3. The lowest BCUT2D eigenvalue weighted by molar-refractivity contribution is -0.138. The van der Waals surface area contributed by atoms with Crippen LogP contribution in [-0.4, -0.2) is 99.0 Å². The maximum atomic E-state index is 16.2. The van der Waals surface area contributed by atoms with E-state index in [1.54, 1.807) is 18.2 Å². The fourth-order valence-electron chi connectivity index (χ4n) is 11.7. The van der Waals surface area contributed by atoms with Crippen molar-refractivity contribution in [2.24, 2.45) is 23.5 Å². The smallest absolute Gasteiger partial charge is 0.328 e. The van der Waals surface area contributed by atoms with Crippen LogP contribution >= 0.6 is 11.6 Å². The molecule has 3 saturated heterocycles. The van der Waals surface area contributed by atoms with Crippen LogP contribution in [0.5, 0.6) is 17.2 Å². The molecule has 4 aromatic rings. The van der Waals surface area contributed by atoms with Gasteiger partial charge in [-0.15, -0.1) is 0 Å². The standard InChI is InChI=1S/C53H59ClF2N6O8/c1-30-44-42(28-38(55)47(54)46(44)45-37(49(57)64)14-16-41(69-3)48(45)56)70-53(30,35-7-5-4-6-8-35)29-58-36-12-9-33(10-13-36)50(65)60-22-17-31(18-23-60)32-19-24-61(25-20-32)51(66)34-11-15-40(68-2)39(27-34)62-26-21-43(63)59-52(62)67/h4-8,11,14-16,27-28,30-33,36,58H,9-10,12-13,17-26,29H2,1-3H3,(H2,57,64)(H,59,63,67)/t30-,33?,36?,53-/m0/s1. The largest absolute Gasteiger partial charge is 0.495 e. The summed E-state index contributed by atoms with van der Waals surface area (Å²) in [7, 11) is 2.80. The normalized spacial score (nSPS) is 23.1. The molecule has 9 rings (SSSR count). The molecule has 0 aromatic heterocycles. The maximum absolute atomic E-state index is 16.2. The van der Waals surface area contributed by atoms with Crippen LogP contribution in [0.25, 0.3) is 11.1 Å². The number of primary amides is 1. The Hall–Kier alpha value is -6.26. The van der Waals surface area contributed by atoms with Crippen LogP contribution in [0.4, 0.5) is 19.3 Å². The molecule has 5 aliphatic rings. The minimum absolute atomic E-state index is 0.0127. The quantitative estimate of drug-likeness (QED) is 0.127. The molecule has 70 heavy (non-hydrogen) atoms. The molecule has 4 fully saturated rings. The second kappa shape index (κ2) is 20.2. The van der Waals surface area contributed by atoms with Gasteiger partial charge in [0.1, 0.15) is 17.3 Å². The number of carbonyl (C=O) groups excluding carboxylic acids is 5. The van der Waals surface area contributed by atoms with Gasteiger partial charge in [-0.3, -0.25) is 29.4 Å². The Balaban J connectivity index is 0.796. The van der Waals surface area contributed by atoms with E-state index in [0.29, 0.717) is 67.1 Å². The summed E-state index contributed by atoms with van der Waals surface area (Å²) in [4.78, 5) is 70.1. The minimum atomic E-state index is -1.08. The number of halogens is 3. The van der Waals surface area contributed by atoms with Gasteiger partial charge < -0.3 is 35.1 Å². The SMILES string of the molecule is COc1ccc(C(=O)N2CCC(C3CCN(C(=O)C4CCC(NC[C@]5(c6ccccc6)Oc6cc(F)c(Cl)c(-c7c(C(N)=O)ccc(OC)c7F)c6[C@@H]5C)CC4)CC3)CC2)cc1N1CCC(=O)NC1=O. The summed E-state index contributed by atoms with van der Waals surface area (Å²) in [5.74, 6) is -2.08. The monoisotopic (exact) mass is 980 g/mol. The molecule has 4 aromatic carbocycles. The number of rotatable bonds is 12. The van der Waals surface area contributed by atoms with Gasteiger partial charge in [0.2, 0.25) is 17.7 Å². The lowest BCUT2D eigenvalue weighted by atomic mass is 9.77. The summed E-state index contributed by atoms with van der Waals surface area (Å²) in [6.45, 7) is 5.11. The molecule has 4 heterocycles. The first kappa shape index (κ1) is 48.8. The molecule has 6 amide bonds. The summed E-state index contributed by atoms with van der Waals surface area (Å²) in [6.07, 6.45) is 6.77. The molecule has 17 heteroatoms. The van der Waals surface area contributed by atoms with E-state index in [0.717, 1.165) is 56.9 Å². The Morgan fingerprint density at radius 1 is 0.829 bits per heavy atom. The van der Waals surface area contributed by atoms with Gasteiger partial charge >= 0.3 is 6.03 Å². The van der Waals surface area contributed by atoms with Gasteiger partial charge in [0, 0.05) is 91.9 Å². The number of likely N-dealkylation sites (tertiary alicyclic amines) is 2. The predicted octanol–water partition coefficient (Wildman–Crippen LogP) is 8.18. The lowest BCUT2D eigenvalue weighted by Gasteiger charge is -2.41. The first-order chi connectivity index (χ1) is 33.7. The van der Waals surface area contributed by atoms with Crippen molar-refractivity contribution < 1.29 is 47.0 Å². The molecular weight excluding hydrogens is 922 g/mol. The fraction of sp³-hybridized carbons (Fsp3) is 0.453. The number of methoxy groups -OCH3 is 2. The number of fused-ring (bicyclic) bond motifs is 1. The molecule has 4 N–H and O–H groups in total. The van der Waals surface area contributed by atoms with Gasteiger partial charge in [0.15, 0.2) is 17.2 Å². The molecule has 1 saturated carbocycles. The second-order valence-electron chi connectivity index (χ2n) is 19.3. The highest BCUT2D eigenvalue weighted by Crippen LogP contribution is 2.56. The number of benzene rings is 4. The van der Waals surface area contributed by atoms with Crippen LogP contribution < -0.4 is 35.5 Å². The number of imide groups is 1. The van der Waals surface area contributed by atoms with Gasteiger partial charge in [0.05, 0.1) is 30.5 Å². The first-order valence-electron chi connectivity index (χ1n) is 24.3. The zero-order valence-corrected chi connectivity index (χ0v) is 40.4. The van der Waals surface area contributed by atoms with Crippen molar-refractivity contribution in [3.63, 3.8) is 0 Å². The zero-order chi connectivity index (χ0) is 49.4. The molecule has 1 aliphatic carbocycles. The van der Waals surface area contributed by atoms with Gasteiger partial charge in [-0.05, 0) is 99.1 Å². The third-order valence-corrected chi connectivity index (χ3v) is 16.0. The van der Waals surface area contributed by atoms with E-state index in [-0.39, 0.29) is 75.9 Å². The van der Waals surface area contributed by atoms with E-state index < -0.39 is 35.1 Å². The average Bonchev–Trinajstić information content (AvgIpc) is 3.66. The van der Waals surface area contributed by atoms with Crippen LogP contribution in [0.2, 0.25) is 5.02 Å². The Kier molecular flexibility index (Phi) is 14.1. The lowest BCUT2D eigenvalue weighted by Crippen LogP contribution is -2.49. The van der Waals surface area contributed by atoms with E-state index in [1.807, 2.05) is 47.1 Å². The first-order valence-corrected chi connectivity index (χ1v) is 24.6. The van der Waals surface area contributed by atoms with Crippen LogP contribution in [0.15, 0.2) is 66.7 Å². The Labute approximate surface area is 411 Å². The Morgan fingerprint density at radius 2 is 1.47 bits per heavy atom. The third kappa shape index (κ3) is 9.15. The molecule has 0 unspecified atom stereocenters. The number of hydrogen-bond acceptors (Lipinski definition) is 9. The number of nitrogens with one attached hydrogen (secondary N) is 2. The van der Waals surface area contributed by atoms with E-state index in [1.165, 1.54) is 37.3 Å². The number of hydrogen-bond donors (Lipinski definition) is 3. The fourth-order valence-corrected chi connectivity index (χ4v) is 11.9. The summed E-state index contributed by atoms with van der Waals surface area (Å²) in [6, 6.07) is 18.0. The molecule has 4 aliphatic heterocycles. The number of piperidine rings is 2. The van der Waals surface area contributed by atoms with E-state index in [4.69, 9.17) is 31.5 Å². The minimum Gasteiger partial charge on any atom is -0.495 e. The number of ether oxygens (including phenoxy) is 3. The number of urea groups is 1. The van der Waals surface area contributed by atoms with Crippen molar-refractivity contribution in [1.29, 1.82) is 0 Å². The highest BCUT2D eigenvalue weighted by molar-refractivity contribution is 6.34. The topological polar surface area (TPSA) is 173 Å². The summed E-state index contributed by atoms with van der Waals surface area (Å²) >= 11 is 6.70. The summed E-state index contributed by atoms with van der Waals surface area (Å²) in [5.41, 5.74) is 6.38. The van der Waals surface area contributed by atoms with Gasteiger partial charge in [-0.25, -0.2) is 13.6 Å². The van der Waals surface area contributed by atoms with Crippen molar-refractivity contribution in [1.82, 2.24) is 20.4 Å². The van der Waals surface area contributed by atoms with Crippen LogP contribution in [0, 0.1) is 29.4 Å². The van der Waals surface area contributed by atoms with Crippen LogP contribution in [-0.2, 0) is 15.2 Å². The third-order valence-electron chi connectivity index (χ3n) is 15.6. The highest BCUT2D eigenvalue weighted by Gasteiger charge is 2.50. The van der Waals surface area contributed by atoms with E-state index in [2.05, 4.69) is 10.6 Å². The molecule has 0 spiro atoms. The molecule has 0 radical (unpaired) electrons. The zero-order valence-electron chi connectivity index (χ0n) is 39.7. The van der Waals surface area contributed by atoms with Gasteiger partial charge in [0.25, 0.3) is 5.91 Å². The van der Waals surface area contributed by atoms with E-state index in [9.17, 15) is 24.0 Å². The second-order valence-corrected chi connectivity index (χ2v) is 19.6. The van der Waals surface area contributed by atoms with Crippen molar-refractivity contribution in [2.75, 3.05) is 58.4 Å². The highest BCUT2D eigenvalue weighted by atomic mass is 35.5. The van der Waals surface area contributed by atoms with E-state index >= 15 is 8.78 Å². The molecule has 0 bridgehead atoms. The molecule has 2 atom stereocenters. The van der Waals surface area contributed by atoms with Gasteiger partial charge in [-0.1, -0.05) is 48.9 Å². The molecule has 14 nitrogen and oxygen atoms in total. The van der Waals surface area contributed by atoms with Crippen LogP contribution in [0.3, 0.4) is 0 Å².